The van der Waals surface area contributed by atoms with Crippen LogP contribution in [0.3, 0.4) is 0 Å². The van der Waals surface area contributed by atoms with Crippen LogP contribution >= 0.6 is 0 Å². The second kappa shape index (κ2) is 7.92. The number of aliphatic hydroxyl groups excluding tert-OH is 1. The molecule has 1 aliphatic heterocycles. The summed E-state index contributed by atoms with van der Waals surface area (Å²) in [4.78, 5) is 12.2. The number of fused-ring (bicyclic) bond motifs is 1. The Hall–Kier alpha value is -3.00. The first kappa shape index (κ1) is 17.8. The molecule has 1 atom stereocenters. The summed E-state index contributed by atoms with van der Waals surface area (Å²) in [7, 11) is 0. The molecule has 1 aliphatic rings. The Morgan fingerprint density at radius 2 is 2.04 bits per heavy atom. The number of aromatic hydroxyl groups is 1. The maximum Gasteiger partial charge on any atom is 0.412 e. The summed E-state index contributed by atoms with van der Waals surface area (Å²) in [6.07, 6.45) is -0.841. The normalized spacial score (nSPS) is 13.3. The number of anilines is 1. The van der Waals surface area contributed by atoms with Gasteiger partial charge in [0.15, 0.2) is 23.1 Å². The van der Waals surface area contributed by atoms with Crippen molar-refractivity contribution in [1.29, 1.82) is 0 Å². The fourth-order valence-electron chi connectivity index (χ4n) is 2.54. The topological polar surface area (TPSA) is 97.3 Å². The third kappa shape index (κ3) is 4.15. The highest BCUT2D eigenvalue weighted by atomic mass is 19.1. The average Bonchev–Trinajstić information content (AvgIpc) is 3.08. The highest BCUT2D eigenvalue weighted by Gasteiger charge is 2.19. The first-order valence-electron chi connectivity index (χ1n) is 8.03. The van der Waals surface area contributed by atoms with E-state index in [0.717, 1.165) is 6.07 Å². The van der Waals surface area contributed by atoms with E-state index >= 15 is 0 Å². The zero-order valence-corrected chi connectivity index (χ0v) is 13.8. The number of rotatable bonds is 6. The van der Waals surface area contributed by atoms with Gasteiger partial charge in [-0.2, -0.15) is 0 Å². The summed E-state index contributed by atoms with van der Waals surface area (Å²) in [5.41, 5.74) is 0.839. The minimum absolute atomic E-state index is 0.0930. The van der Waals surface area contributed by atoms with Crippen LogP contribution in [0.1, 0.15) is 24.5 Å². The number of phenols is 1. The molecule has 8 heteroatoms. The molecule has 1 amide bonds. The monoisotopic (exact) mass is 363 g/mol. The van der Waals surface area contributed by atoms with Crippen LogP contribution < -0.4 is 14.8 Å². The van der Waals surface area contributed by atoms with E-state index in [1.54, 1.807) is 18.2 Å². The Morgan fingerprint density at radius 3 is 2.81 bits per heavy atom. The lowest BCUT2D eigenvalue weighted by molar-refractivity contribution is 0.0992. The summed E-state index contributed by atoms with van der Waals surface area (Å²) < 4.78 is 29.4. The van der Waals surface area contributed by atoms with E-state index in [1.807, 2.05) is 0 Å². The van der Waals surface area contributed by atoms with Crippen molar-refractivity contribution in [2.45, 2.75) is 18.9 Å². The van der Waals surface area contributed by atoms with Crippen molar-refractivity contribution in [3.05, 3.63) is 47.8 Å². The van der Waals surface area contributed by atoms with Crippen molar-refractivity contribution < 1.29 is 33.6 Å². The molecule has 0 aliphatic carbocycles. The van der Waals surface area contributed by atoms with Gasteiger partial charge in [-0.1, -0.05) is 6.07 Å². The lowest BCUT2D eigenvalue weighted by atomic mass is 10.0. The van der Waals surface area contributed by atoms with Gasteiger partial charge in [0, 0.05) is 18.4 Å². The molecule has 0 radical (unpaired) electrons. The summed E-state index contributed by atoms with van der Waals surface area (Å²) in [6, 6.07) is 8.66. The Kier molecular flexibility index (Phi) is 5.43. The molecule has 0 unspecified atom stereocenters. The van der Waals surface area contributed by atoms with Crippen LogP contribution in [-0.2, 0) is 4.74 Å². The second-order valence-electron chi connectivity index (χ2n) is 5.66. The molecule has 2 aromatic carbocycles. The molecular formula is C18H18FNO6. The van der Waals surface area contributed by atoms with E-state index in [2.05, 4.69) is 5.32 Å². The molecule has 26 heavy (non-hydrogen) atoms. The predicted octanol–water partition coefficient (Wildman–Crippen LogP) is 3.32. The van der Waals surface area contributed by atoms with Crippen LogP contribution in [-0.4, -0.2) is 29.7 Å². The number of halogens is 1. The van der Waals surface area contributed by atoms with Gasteiger partial charge < -0.3 is 24.4 Å². The number of nitrogens with one attached hydrogen (secondary N) is 1. The number of benzene rings is 2. The molecule has 0 bridgehead atoms. The fraction of sp³-hybridized carbons (Fsp3) is 0.278. The van der Waals surface area contributed by atoms with Gasteiger partial charge in [0.05, 0.1) is 0 Å². The standard InChI is InChI=1S/C18H18FNO6/c19-13-8-11(3-5-14(13)22)15(2-1-7-21)26-18(23)20-12-4-6-16-17(9-12)25-10-24-16/h3-6,8-9,15,21-22H,1-2,7,10H2,(H,20,23)/t15-/m1/s1. The number of phenolic OH excluding ortho intramolecular Hbond substituents is 1. The predicted molar refractivity (Wildman–Crippen MR) is 89.8 cm³/mol. The lowest BCUT2D eigenvalue weighted by Gasteiger charge is -2.19. The van der Waals surface area contributed by atoms with E-state index in [-0.39, 0.29) is 13.4 Å². The SMILES string of the molecule is O=C(Nc1ccc2c(c1)OCO2)O[C@H](CCCO)c1ccc(O)c(F)c1. The molecular weight excluding hydrogens is 345 g/mol. The smallest absolute Gasteiger partial charge is 0.412 e. The van der Waals surface area contributed by atoms with E-state index in [1.165, 1.54) is 12.1 Å². The van der Waals surface area contributed by atoms with Crippen molar-refractivity contribution in [3.63, 3.8) is 0 Å². The summed E-state index contributed by atoms with van der Waals surface area (Å²) in [6.45, 7) is 0.0308. The number of amides is 1. The van der Waals surface area contributed by atoms with Crippen molar-refractivity contribution >= 4 is 11.8 Å². The van der Waals surface area contributed by atoms with Crippen LogP contribution in [0.5, 0.6) is 17.2 Å². The van der Waals surface area contributed by atoms with Crippen molar-refractivity contribution in [1.82, 2.24) is 0 Å². The third-order valence-corrected chi connectivity index (χ3v) is 3.84. The maximum atomic E-state index is 13.6. The Morgan fingerprint density at radius 1 is 1.23 bits per heavy atom. The number of carbonyl (C=O) groups excluding carboxylic acids is 1. The molecule has 0 saturated carbocycles. The van der Waals surface area contributed by atoms with E-state index in [4.69, 9.17) is 19.3 Å². The number of aliphatic hydroxyl groups is 1. The molecule has 0 fully saturated rings. The van der Waals surface area contributed by atoms with E-state index < -0.39 is 23.8 Å². The Labute approximate surface area is 148 Å². The van der Waals surface area contributed by atoms with Crippen molar-refractivity contribution in [2.75, 3.05) is 18.7 Å². The first-order chi connectivity index (χ1) is 12.6. The molecule has 2 aromatic rings. The van der Waals surface area contributed by atoms with Gasteiger partial charge in [0.25, 0.3) is 0 Å². The van der Waals surface area contributed by atoms with Crippen LogP contribution in [0, 0.1) is 5.82 Å². The van der Waals surface area contributed by atoms with Crippen LogP contribution in [0.15, 0.2) is 36.4 Å². The molecule has 0 spiro atoms. The Balaban J connectivity index is 1.69. The fourth-order valence-corrected chi connectivity index (χ4v) is 2.54. The van der Waals surface area contributed by atoms with Crippen molar-refractivity contribution in [3.8, 4) is 17.2 Å². The summed E-state index contributed by atoms with van der Waals surface area (Å²) in [5, 5.41) is 20.9. The molecule has 3 N–H and O–H groups in total. The van der Waals surface area contributed by atoms with Crippen LogP contribution in [0.4, 0.5) is 14.9 Å². The lowest BCUT2D eigenvalue weighted by Crippen LogP contribution is -2.18. The van der Waals surface area contributed by atoms with Gasteiger partial charge in [-0.25, -0.2) is 9.18 Å². The van der Waals surface area contributed by atoms with Gasteiger partial charge >= 0.3 is 6.09 Å². The summed E-state index contributed by atoms with van der Waals surface area (Å²) >= 11 is 0. The first-order valence-corrected chi connectivity index (χ1v) is 8.03. The molecule has 138 valence electrons. The minimum atomic E-state index is -0.809. The zero-order chi connectivity index (χ0) is 18.5. The van der Waals surface area contributed by atoms with E-state index in [9.17, 15) is 14.3 Å². The number of hydrogen-bond donors (Lipinski definition) is 3. The highest BCUT2D eigenvalue weighted by molar-refractivity contribution is 5.85. The summed E-state index contributed by atoms with van der Waals surface area (Å²) in [5.74, 6) is -0.194. The molecule has 1 heterocycles. The highest BCUT2D eigenvalue weighted by Crippen LogP contribution is 2.34. The zero-order valence-electron chi connectivity index (χ0n) is 13.8. The largest absolute Gasteiger partial charge is 0.505 e. The average molecular weight is 363 g/mol. The van der Waals surface area contributed by atoms with Gasteiger partial charge in [-0.05, 0) is 42.7 Å². The maximum absolute atomic E-state index is 13.6. The number of ether oxygens (including phenoxy) is 3. The van der Waals surface area contributed by atoms with Crippen molar-refractivity contribution in [2.24, 2.45) is 0 Å². The number of carbonyl (C=O) groups is 1. The van der Waals surface area contributed by atoms with Crippen LogP contribution in [0.2, 0.25) is 0 Å². The van der Waals surface area contributed by atoms with Crippen LogP contribution in [0.25, 0.3) is 0 Å². The quantitative estimate of drug-likeness (QED) is 0.728. The van der Waals surface area contributed by atoms with Gasteiger partial charge in [0.1, 0.15) is 6.10 Å². The van der Waals surface area contributed by atoms with E-state index in [0.29, 0.717) is 35.6 Å². The minimum Gasteiger partial charge on any atom is -0.505 e. The Bertz CT molecular complexity index is 797. The van der Waals surface area contributed by atoms with Gasteiger partial charge in [-0.3, -0.25) is 5.32 Å². The molecule has 3 rings (SSSR count). The van der Waals surface area contributed by atoms with Gasteiger partial charge in [-0.15, -0.1) is 0 Å². The molecule has 0 aromatic heterocycles. The van der Waals surface area contributed by atoms with Gasteiger partial charge in [0.2, 0.25) is 6.79 Å². The second-order valence-corrected chi connectivity index (χ2v) is 5.66. The number of hydrogen-bond acceptors (Lipinski definition) is 6. The third-order valence-electron chi connectivity index (χ3n) is 3.84. The molecule has 7 nitrogen and oxygen atoms in total. The molecule has 0 saturated heterocycles.